The van der Waals surface area contributed by atoms with Crippen LogP contribution >= 0.6 is 11.8 Å². The van der Waals surface area contributed by atoms with E-state index in [1.165, 1.54) is 18.0 Å². The molecule has 44 valence electrons. The van der Waals surface area contributed by atoms with Crippen LogP contribution in [0.3, 0.4) is 0 Å². The van der Waals surface area contributed by atoms with Crippen molar-refractivity contribution in [2.75, 3.05) is 0 Å². The molecule has 0 bridgehead atoms. The normalized spacial score (nSPS) is 10.8. The Bertz CT molecular complexity index is 120. The molecule has 8 heavy (non-hydrogen) atoms. The second-order valence-electron chi connectivity index (χ2n) is 0.971. The zero-order valence-electron chi connectivity index (χ0n) is 4.33. The van der Waals surface area contributed by atoms with Gasteiger partial charge < -0.3 is 5.73 Å². The van der Waals surface area contributed by atoms with Crippen LogP contribution in [-0.2, 0) is 4.79 Å². The SMILES string of the molecule is C=CS/C(C=O)=C\N. The lowest BCUT2D eigenvalue weighted by atomic mass is 10.7. The average molecular weight is 129 g/mol. The van der Waals surface area contributed by atoms with Crippen LogP contribution in [0.1, 0.15) is 0 Å². The van der Waals surface area contributed by atoms with Gasteiger partial charge in [-0.15, -0.1) is 0 Å². The number of allylic oxidation sites excluding steroid dienone is 1. The number of hydrogen-bond donors (Lipinski definition) is 1. The van der Waals surface area contributed by atoms with Crippen LogP contribution in [-0.4, -0.2) is 6.29 Å². The minimum absolute atomic E-state index is 0.486. The zero-order chi connectivity index (χ0) is 6.41. The fourth-order valence-corrected chi connectivity index (χ4v) is 0.529. The molecule has 0 heterocycles. The van der Waals surface area contributed by atoms with Crippen molar-refractivity contribution in [1.82, 2.24) is 0 Å². The highest BCUT2D eigenvalue weighted by molar-refractivity contribution is 8.06. The lowest BCUT2D eigenvalue weighted by molar-refractivity contribution is -0.104. The molecule has 0 aliphatic carbocycles. The Morgan fingerprint density at radius 2 is 2.38 bits per heavy atom. The van der Waals surface area contributed by atoms with Crippen LogP contribution in [0.2, 0.25) is 0 Å². The van der Waals surface area contributed by atoms with E-state index in [4.69, 9.17) is 5.73 Å². The number of carbonyl (C=O) groups is 1. The topological polar surface area (TPSA) is 43.1 Å². The van der Waals surface area contributed by atoms with Gasteiger partial charge in [0.15, 0.2) is 6.29 Å². The summed E-state index contributed by atoms with van der Waals surface area (Å²) >= 11 is 1.21. The third-order valence-corrected chi connectivity index (χ3v) is 1.17. The van der Waals surface area contributed by atoms with Gasteiger partial charge in [0.05, 0.1) is 4.91 Å². The van der Waals surface area contributed by atoms with Crippen LogP contribution < -0.4 is 5.73 Å². The fraction of sp³-hybridized carbons (Fsp3) is 0. The van der Waals surface area contributed by atoms with Crippen LogP contribution in [0, 0.1) is 0 Å². The number of thioether (sulfide) groups is 1. The van der Waals surface area contributed by atoms with E-state index in [1.54, 1.807) is 5.41 Å². The molecule has 2 nitrogen and oxygen atoms in total. The molecule has 0 fully saturated rings. The van der Waals surface area contributed by atoms with E-state index in [0.717, 1.165) is 0 Å². The highest BCUT2D eigenvalue weighted by atomic mass is 32.2. The maximum Gasteiger partial charge on any atom is 0.158 e. The molecule has 0 rings (SSSR count). The van der Waals surface area contributed by atoms with Crippen molar-refractivity contribution in [2.24, 2.45) is 5.73 Å². The molecule has 0 radical (unpaired) electrons. The van der Waals surface area contributed by atoms with Crippen molar-refractivity contribution in [1.29, 1.82) is 0 Å². The number of aldehydes is 1. The molecule has 0 aromatic carbocycles. The van der Waals surface area contributed by atoms with E-state index in [1.807, 2.05) is 0 Å². The standard InChI is InChI=1S/C5H7NOS/c1-2-8-5(3-6)4-7/h2-4H,1,6H2/b5-3-. The first-order chi connectivity index (χ1) is 3.85. The van der Waals surface area contributed by atoms with Crippen LogP contribution in [0.25, 0.3) is 0 Å². The van der Waals surface area contributed by atoms with Gasteiger partial charge in [0, 0.05) is 6.20 Å². The maximum absolute atomic E-state index is 9.91. The van der Waals surface area contributed by atoms with Crippen molar-refractivity contribution < 1.29 is 4.79 Å². The second-order valence-corrected chi connectivity index (χ2v) is 2.01. The molecule has 0 unspecified atom stereocenters. The summed E-state index contributed by atoms with van der Waals surface area (Å²) in [4.78, 5) is 10.4. The summed E-state index contributed by atoms with van der Waals surface area (Å²) in [5.41, 5.74) is 5.01. The van der Waals surface area contributed by atoms with Crippen LogP contribution in [0.15, 0.2) is 23.1 Å². The molecule has 0 amide bonds. The lowest BCUT2D eigenvalue weighted by Crippen LogP contribution is -1.83. The Labute approximate surface area is 52.4 Å². The van der Waals surface area contributed by atoms with Gasteiger partial charge in [-0.3, -0.25) is 4.79 Å². The molecule has 0 atom stereocenters. The first-order valence-electron chi connectivity index (χ1n) is 1.99. The van der Waals surface area contributed by atoms with Crippen molar-refractivity contribution in [3.05, 3.63) is 23.1 Å². The molecule has 3 heteroatoms. The monoisotopic (exact) mass is 129 g/mol. The van der Waals surface area contributed by atoms with Crippen molar-refractivity contribution >= 4 is 18.0 Å². The molecular weight excluding hydrogens is 122 g/mol. The average Bonchev–Trinajstić information content (AvgIpc) is 1.83. The summed E-state index contributed by atoms with van der Waals surface area (Å²) < 4.78 is 0. The molecule has 0 saturated carbocycles. The Kier molecular flexibility index (Phi) is 4.07. The van der Waals surface area contributed by atoms with Gasteiger partial charge in [0.1, 0.15) is 0 Å². The zero-order valence-corrected chi connectivity index (χ0v) is 5.15. The first-order valence-corrected chi connectivity index (χ1v) is 2.87. The number of hydrogen-bond acceptors (Lipinski definition) is 3. The quantitative estimate of drug-likeness (QED) is 0.454. The summed E-state index contributed by atoms with van der Waals surface area (Å²) in [5, 5.41) is 1.55. The van der Waals surface area contributed by atoms with Gasteiger partial charge in [0.25, 0.3) is 0 Å². The predicted octanol–water partition coefficient (Wildman–Crippen LogP) is 0.862. The predicted molar refractivity (Wildman–Crippen MR) is 36.1 cm³/mol. The van der Waals surface area contributed by atoms with E-state index in [0.29, 0.717) is 11.2 Å². The Morgan fingerprint density at radius 3 is 2.50 bits per heavy atom. The van der Waals surface area contributed by atoms with Gasteiger partial charge in [-0.05, 0) is 5.41 Å². The van der Waals surface area contributed by atoms with Crippen molar-refractivity contribution in [3.8, 4) is 0 Å². The summed E-state index contributed by atoms with van der Waals surface area (Å²) in [6, 6.07) is 0. The van der Waals surface area contributed by atoms with Crippen LogP contribution in [0.4, 0.5) is 0 Å². The molecule has 0 spiro atoms. The molecule has 0 aromatic rings. The van der Waals surface area contributed by atoms with Gasteiger partial charge in [-0.1, -0.05) is 18.3 Å². The molecule has 0 saturated heterocycles. The second kappa shape index (κ2) is 4.46. The lowest BCUT2D eigenvalue weighted by Gasteiger charge is -1.85. The fourth-order valence-electron chi connectivity index (χ4n) is 0.203. The van der Waals surface area contributed by atoms with Gasteiger partial charge in [-0.2, -0.15) is 0 Å². The maximum atomic E-state index is 9.91. The largest absolute Gasteiger partial charge is 0.404 e. The van der Waals surface area contributed by atoms with E-state index in [-0.39, 0.29) is 0 Å². The summed E-state index contributed by atoms with van der Waals surface area (Å²) in [6.07, 6.45) is 1.94. The molecular formula is C5H7NOS. The number of rotatable bonds is 3. The van der Waals surface area contributed by atoms with Gasteiger partial charge in [0.2, 0.25) is 0 Å². The number of carbonyl (C=O) groups excluding carboxylic acids is 1. The smallest absolute Gasteiger partial charge is 0.158 e. The van der Waals surface area contributed by atoms with Crippen molar-refractivity contribution in [3.63, 3.8) is 0 Å². The molecule has 2 N–H and O–H groups in total. The first kappa shape index (κ1) is 7.30. The number of nitrogens with two attached hydrogens (primary N) is 1. The molecule has 0 aliphatic rings. The van der Waals surface area contributed by atoms with E-state index in [9.17, 15) is 4.79 Å². The third kappa shape index (κ3) is 2.47. The highest BCUT2D eigenvalue weighted by Gasteiger charge is 1.86. The minimum Gasteiger partial charge on any atom is -0.404 e. The third-order valence-electron chi connectivity index (χ3n) is 0.500. The van der Waals surface area contributed by atoms with E-state index >= 15 is 0 Å². The highest BCUT2D eigenvalue weighted by Crippen LogP contribution is 2.10. The molecule has 0 aromatic heterocycles. The van der Waals surface area contributed by atoms with Crippen LogP contribution in [0.5, 0.6) is 0 Å². The summed E-state index contributed by atoms with van der Waals surface area (Å²) in [6.45, 7) is 3.40. The minimum atomic E-state index is 0.486. The Hall–Kier alpha value is -0.700. The van der Waals surface area contributed by atoms with Gasteiger partial charge >= 0.3 is 0 Å². The van der Waals surface area contributed by atoms with Gasteiger partial charge in [-0.25, -0.2) is 0 Å². The summed E-state index contributed by atoms with van der Waals surface area (Å²) in [7, 11) is 0. The van der Waals surface area contributed by atoms with Crippen molar-refractivity contribution in [2.45, 2.75) is 0 Å². The molecule has 0 aliphatic heterocycles. The van der Waals surface area contributed by atoms with E-state index < -0.39 is 0 Å². The van der Waals surface area contributed by atoms with E-state index in [2.05, 4.69) is 6.58 Å². The Balaban J connectivity index is 3.71. The summed E-state index contributed by atoms with van der Waals surface area (Å²) in [5.74, 6) is 0. The Morgan fingerprint density at radius 1 is 1.75 bits per heavy atom.